The number of nitrogens with zero attached hydrogens (tertiary/aromatic N) is 1. The molecule has 0 spiro atoms. The minimum Gasteiger partial charge on any atom is -0.392 e. The molecule has 1 heterocycles. The van der Waals surface area contributed by atoms with Gasteiger partial charge >= 0.3 is 0 Å². The van der Waals surface area contributed by atoms with E-state index in [-0.39, 0.29) is 24.5 Å². The predicted octanol–water partition coefficient (Wildman–Crippen LogP) is 4.09. The van der Waals surface area contributed by atoms with Crippen molar-refractivity contribution in [2.45, 2.75) is 83.8 Å². The zero-order valence-corrected chi connectivity index (χ0v) is 19.5. The van der Waals surface area contributed by atoms with Crippen molar-refractivity contribution in [3.05, 3.63) is 23.8 Å². The topological polar surface area (TPSA) is 70.0 Å². The van der Waals surface area contributed by atoms with Gasteiger partial charge in [0.2, 0.25) is 5.91 Å². The Hall–Kier alpha value is -1.17. The van der Waals surface area contributed by atoms with Gasteiger partial charge < -0.3 is 19.8 Å². The molecule has 2 fully saturated rings. The SMILES string of the molecule is CCCC[C@H](C)C[C@H](O)C=C[C@@H]1[C@H]2CC(CCOCC(=O)N3CCCC3)=C[C@H]2C[C@H]1O. The number of ether oxygens (including phenoxy) is 1. The zero-order valence-electron chi connectivity index (χ0n) is 19.5. The standard InChI is InChI=1S/C26H43NO4/c1-3-4-7-19(2)14-22(28)8-9-23-24-16-20(15-21(24)17-25(23)29)10-13-31-18-26(30)27-11-5-6-12-27/h8-9,15,19,21-25,28-29H,3-7,10-14,16-18H2,1-2H3/t19-,21-,22+,23+,24-,25+/m0/s1. The average Bonchev–Trinajstić information content (AvgIpc) is 3.45. The van der Waals surface area contributed by atoms with Gasteiger partial charge in [-0.05, 0) is 56.3 Å². The summed E-state index contributed by atoms with van der Waals surface area (Å²) in [5.41, 5.74) is 1.39. The lowest BCUT2D eigenvalue weighted by Crippen LogP contribution is -2.31. The van der Waals surface area contributed by atoms with Gasteiger partial charge in [-0.3, -0.25) is 4.79 Å². The number of likely N-dealkylation sites (tertiary alicyclic amines) is 1. The number of fused-ring (bicyclic) bond motifs is 1. The van der Waals surface area contributed by atoms with Gasteiger partial charge in [0, 0.05) is 19.0 Å². The summed E-state index contributed by atoms with van der Waals surface area (Å²) in [5, 5.41) is 20.9. The number of hydrogen-bond donors (Lipinski definition) is 2. The lowest BCUT2D eigenvalue weighted by atomic mass is 9.88. The summed E-state index contributed by atoms with van der Waals surface area (Å²) in [6, 6.07) is 0. The van der Waals surface area contributed by atoms with Crippen molar-refractivity contribution >= 4 is 5.91 Å². The van der Waals surface area contributed by atoms with Crippen LogP contribution in [0, 0.1) is 23.7 Å². The van der Waals surface area contributed by atoms with E-state index < -0.39 is 6.10 Å². The first-order valence-electron chi connectivity index (χ1n) is 12.6. The van der Waals surface area contributed by atoms with Crippen molar-refractivity contribution in [3.8, 4) is 0 Å². The molecule has 0 unspecified atom stereocenters. The van der Waals surface area contributed by atoms with E-state index in [2.05, 4.69) is 26.0 Å². The number of aliphatic hydroxyl groups is 2. The minimum atomic E-state index is -0.423. The van der Waals surface area contributed by atoms with Crippen LogP contribution >= 0.6 is 0 Å². The highest BCUT2D eigenvalue weighted by molar-refractivity contribution is 5.77. The molecule has 0 bridgehead atoms. The van der Waals surface area contributed by atoms with Crippen LogP contribution in [0.5, 0.6) is 0 Å². The number of hydrogen-bond acceptors (Lipinski definition) is 4. The van der Waals surface area contributed by atoms with Gasteiger partial charge in [-0.25, -0.2) is 0 Å². The lowest BCUT2D eigenvalue weighted by Gasteiger charge is -2.19. The van der Waals surface area contributed by atoms with E-state index in [9.17, 15) is 15.0 Å². The number of carbonyl (C=O) groups excluding carboxylic acids is 1. The largest absolute Gasteiger partial charge is 0.392 e. The van der Waals surface area contributed by atoms with Crippen LogP contribution in [0.15, 0.2) is 23.8 Å². The summed E-state index contributed by atoms with van der Waals surface area (Å²) in [5.74, 6) is 1.62. The predicted molar refractivity (Wildman–Crippen MR) is 123 cm³/mol. The molecule has 1 amide bonds. The Bertz CT molecular complexity index is 625. The number of amides is 1. The molecule has 2 N–H and O–H groups in total. The van der Waals surface area contributed by atoms with E-state index in [4.69, 9.17) is 4.74 Å². The highest BCUT2D eigenvalue weighted by atomic mass is 16.5. The minimum absolute atomic E-state index is 0.116. The van der Waals surface area contributed by atoms with E-state index in [1.165, 1.54) is 18.4 Å². The van der Waals surface area contributed by atoms with Gasteiger partial charge in [-0.15, -0.1) is 0 Å². The third-order valence-electron chi connectivity index (χ3n) is 7.45. The second-order valence-electron chi connectivity index (χ2n) is 10.1. The van der Waals surface area contributed by atoms with Crippen LogP contribution in [0.1, 0.15) is 71.6 Å². The van der Waals surface area contributed by atoms with Gasteiger partial charge in [-0.1, -0.05) is 56.9 Å². The summed E-state index contributed by atoms with van der Waals surface area (Å²) in [6.45, 7) is 6.94. The molecule has 3 aliphatic rings. The van der Waals surface area contributed by atoms with Crippen LogP contribution < -0.4 is 0 Å². The fourth-order valence-electron chi connectivity index (χ4n) is 5.63. The van der Waals surface area contributed by atoms with E-state index in [0.717, 1.165) is 58.0 Å². The Labute approximate surface area is 188 Å². The first-order valence-corrected chi connectivity index (χ1v) is 12.6. The number of unbranched alkanes of at least 4 members (excludes halogenated alkanes) is 1. The van der Waals surface area contributed by atoms with Gasteiger partial charge in [0.25, 0.3) is 0 Å². The average molecular weight is 434 g/mol. The molecule has 1 aliphatic heterocycles. The molecule has 0 aromatic rings. The van der Waals surface area contributed by atoms with Crippen LogP contribution in [0.25, 0.3) is 0 Å². The molecule has 1 saturated heterocycles. The van der Waals surface area contributed by atoms with Crippen LogP contribution in [0.3, 0.4) is 0 Å². The number of allylic oxidation sites excluding steroid dienone is 1. The van der Waals surface area contributed by atoms with Gasteiger partial charge in [-0.2, -0.15) is 0 Å². The molecule has 176 valence electrons. The third-order valence-corrected chi connectivity index (χ3v) is 7.45. The summed E-state index contributed by atoms with van der Waals surface area (Å²) < 4.78 is 5.66. The molecular weight excluding hydrogens is 390 g/mol. The maximum absolute atomic E-state index is 12.1. The van der Waals surface area contributed by atoms with Gasteiger partial charge in [0.05, 0.1) is 18.8 Å². The second-order valence-corrected chi connectivity index (χ2v) is 10.1. The van der Waals surface area contributed by atoms with Gasteiger partial charge in [0.1, 0.15) is 6.61 Å². The molecule has 0 aromatic carbocycles. The first-order chi connectivity index (χ1) is 15.0. The maximum atomic E-state index is 12.1. The summed E-state index contributed by atoms with van der Waals surface area (Å²) in [4.78, 5) is 14.0. The Morgan fingerprint density at radius 2 is 2.13 bits per heavy atom. The molecule has 1 saturated carbocycles. The second kappa shape index (κ2) is 12.2. The van der Waals surface area contributed by atoms with Crippen molar-refractivity contribution in [2.24, 2.45) is 23.7 Å². The summed E-state index contributed by atoms with van der Waals surface area (Å²) >= 11 is 0. The zero-order chi connectivity index (χ0) is 22.2. The normalized spacial score (nSPS) is 30.1. The third kappa shape index (κ3) is 7.16. The lowest BCUT2D eigenvalue weighted by molar-refractivity contribution is -0.135. The monoisotopic (exact) mass is 433 g/mol. The Morgan fingerprint density at radius 1 is 1.35 bits per heavy atom. The highest BCUT2D eigenvalue weighted by Gasteiger charge is 2.43. The Kier molecular flexibility index (Phi) is 9.61. The Morgan fingerprint density at radius 3 is 2.87 bits per heavy atom. The van der Waals surface area contributed by atoms with Crippen molar-refractivity contribution in [2.75, 3.05) is 26.3 Å². The molecule has 3 rings (SSSR count). The first kappa shape index (κ1) is 24.5. The number of rotatable bonds is 12. The van der Waals surface area contributed by atoms with Crippen LogP contribution in [0.4, 0.5) is 0 Å². The number of aliphatic hydroxyl groups excluding tert-OH is 2. The van der Waals surface area contributed by atoms with Crippen molar-refractivity contribution < 1.29 is 19.7 Å². The fraction of sp³-hybridized carbons (Fsp3) is 0.808. The van der Waals surface area contributed by atoms with Crippen LogP contribution in [0.2, 0.25) is 0 Å². The molecule has 0 radical (unpaired) electrons. The number of carbonyl (C=O) groups is 1. The molecule has 0 aromatic heterocycles. The van der Waals surface area contributed by atoms with E-state index >= 15 is 0 Å². The molecule has 5 nitrogen and oxygen atoms in total. The van der Waals surface area contributed by atoms with Crippen LogP contribution in [-0.4, -0.2) is 59.5 Å². The summed E-state index contributed by atoms with van der Waals surface area (Å²) in [6.07, 6.45) is 14.8. The molecule has 5 heteroatoms. The highest BCUT2D eigenvalue weighted by Crippen LogP contribution is 2.48. The molecule has 6 atom stereocenters. The van der Waals surface area contributed by atoms with E-state index in [1.807, 2.05) is 11.0 Å². The van der Waals surface area contributed by atoms with Gasteiger partial charge in [0.15, 0.2) is 0 Å². The smallest absolute Gasteiger partial charge is 0.248 e. The quantitative estimate of drug-likeness (QED) is 0.359. The van der Waals surface area contributed by atoms with E-state index in [0.29, 0.717) is 24.4 Å². The fourth-order valence-corrected chi connectivity index (χ4v) is 5.63. The van der Waals surface area contributed by atoms with Crippen molar-refractivity contribution in [3.63, 3.8) is 0 Å². The molecule has 2 aliphatic carbocycles. The van der Waals surface area contributed by atoms with E-state index in [1.54, 1.807) is 0 Å². The molecular formula is C26H43NO4. The molecule has 31 heavy (non-hydrogen) atoms. The Balaban J connectivity index is 1.38. The van der Waals surface area contributed by atoms with Crippen LogP contribution in [-0.2, 0) is 9.53 Å². The van der Waals surface area contributed by atoms with Crippen molar-refractivity contribution in [1.29, 1.82) is 0 Å². The summed E-state index contributed by atoms with van der Waals surface area (Å²) in [7, 11) is 0. The van der Waals surface area contributed by atoms with Crippen molar-refractivity contribution in [1.82, 2.24) is 4.90 Å². The maximum Gasteiger partial charge on any atom is 0.248 e.